The van der Waals surface area contributed by atoms with Crippen LogP contribution in [0.25, 0.3) is 0 Å². The number of rotatable bonds is 7. The molecule has 228 valence electrons. The number of anilines is 4. The quantitative estimate of drug-likeness (QED) is 0.264. The Hall–Kier alpha value is -4.70. The number of hydrogen-bond acceptors (Lipinski definition) is 7. The largest absolute Gasteiger partial charge is 0.497 e. The van der Waals surface area contributed by atoms with Crippen LogP contribution in [0.15, 0.2) is 60.8 Å². The van der Waals surface area contributed by atoms with E-state index in [1.807, 2.05) is 44.2 Å². The third kappa shape index (κ3) is 5.53. The van der Waals surface area contributed by atoms with Crippen LogP contribution in [0.4, 0.5) is 32.1 Å². The van der Waals surface area contributed by atoms with E-state index in [4.69, 9.17) is 14.5 Å². The number of aromatic nitrogens is 2. The zero-order chi connectivity index (χ0) is 31.0. The monoisotopic (exact) mass is 596 g/mol. The van der Waals surface area contributed by atoms with Gasteiger partial charge in [0, 0.05) is 56.1 Å². The predicted octanol–water partition coefficient (Wildman–Crippen LogP) is 5.87. The summed E-state index contributed by atoms with van der Waals surface area (Å²) in [5.41, 5.74) is 5.46. The zero-order valence-corrected chi connectivity index (χ0v) is 25.8. The lowest BCUT2D eigenvalue weighted by Gasteiger charge is -2.37. The molecule has 0 N–H and O–H groups in total. The molecule has 6 rings (SSSR count). The summed E-state index contributed by atoms with van der Waals surface area (Å²) in [5, 5.41) is 0. The van der Waals surface area contributed by atoms with Crippen molar-refractivity contribution in [3.05, 3.63) is 94.7 Å². The third-order valence-corrected chi connectivity index (χ3v) is 8.44. The second-order valence-electron chi connectivity index (χ2n) is 11.4. The topological polar surface area (TPSA) is 74.3 Å². The summed E-state index contributed by atoms with van der Waals surface area (Å²) in [4.78, 5) is 31.7. The van der Waals surface area contributed by atoms with E-state index >= 15 is 4.39 Å². The lowest BCUT2D eigenvalue weighted by atomic mass is 10.1. The van der Waals surface area contributed by atoms with Crippen molar-refractivity contribution >= 4 is 28.9 Å². The summed E-state index contributed by atoms with van der Waals surface area (Å²) < 4.78 is 26.5. The van der Waals surface area contributed by atoms with Crippen molar-refractivity contribution in [3.8, 4) is 11.5 Å². The molecule has 44 heavy (non-hydrogen) atoms. The van der Waals surface area contributed by atoms with E-state index in [0.717, 1.165) is 54.2 Å². The van der Waals surface area contributed by atoms with Crippen molar-refractivity contribution < 1.29 is 18.7 Å². The number of hydrogen-bond donors (Lipinski definition) is 0. The molecule has 1 aromatic heterocycles. The van der Waals surface area contributed by atoms with E-state index in [1.54, 1.807) is 54.5 Å². The molecule has 0 saturated carbocycles. The zero-order valence-electron chi connectivity index (χ0n) is 25.8. The van der Waals surface area contributed by atoms with Gasteiger partial charge in [0.25, 0.3) is 0 Å². The summed E-state index contributed by atoms with van der Waals surface area (Å²) >= 11 is 0. The molecule has 0 bridgehead atoms. The molecule has 10 heteroatoms. The molecule has 2 amide bonds. The van der Waals surface area contributed by atoms with Crippen molar-refractivity contribution in [1.29, 1.82) is 0 Å². The van der Waals surface area contributed by atoms with Crippen LogP contribution in [0.3, 0.4) is 0 Å². The highest BCUT2D eigenvalue weighted by Crippen LogP contribution is 2.42. The Morgan fingerprint density at radius 3 is 2.36 bits per heavy atom. The minimum atomic E-state index is -0.297. The van der Waals surface area contributed by atoms with Gasteiger partial charge in [-0.1, -0.05) is 24.3 Å². The molecule has 4 aromatic rings. The molecule has 0 spiro atoms. The molecule has 0 aliphatic carbocycles. The molecule has 3 aromatic carbocycles. The Labute approximate surface area is 257 Å². The van der Waals surface area contributed by atoms with Crippen LogP contribution in [0.1, 0.15) is 28.1 Å². The maximum Gasteiger partial charge on any atom is 0.335 e. The highest BCUT2D eigenvalue weighted by molar-refractivity contribution is 6.11. The van der Waals surface area contributed by atoms with Crippen LogP contribution < -0.4 is 24.2 Å². The van der Waals surface area contributed by atoms with Crippen LogP contribution in [-0.2, 0) is 13.0 Å². The van der Waals surface area contributed by atoms with Crippen LogP contribution in [0.5, 0.6) is 11.5 Å². The van der Waals surface area contributed by atoms with Gasteiger partial charge in [0.05, 0.1) is 32.1 Å². The fourth-order valence-corrected chi connectivity index (χ4v) is 5.98. The molecule has 1 fully saturated rings. The van der Waals surface area contributed by atoms with Gasteiger partial charge < -0.3 is 19.3 Å². The van der Waals surface area contributed by atoms with Crippen molar-refractivity contribution in [2.75, 3.05) is 62.1 Å². The lowest BCUT2D eigenvalue weighted by molar-refractivity contribution is 0.252. The maximum atomic E-state index is 15.4. The summed E-state index contributed by atoms with van der Waals surface area (Å²) in [6.45, 7) is 7.90. The number of piperazine rings is 1. The van der Waals surface area contributed by atoms with Gasteiger partial charge in [0.1, 0.15) is 29.0 Å². The molecular formula is C34H37FN6O3. The second kappa shape index (κ2) is 12.1. The minimum Gasteiger partial charge on any atom is -0.497 e. The van der Waals surface area contributed by atoms with E-state index in [-0.39, 0.29) is 18.3 Å². The molecule has 0 atom stereocenters. The first-order chi connectivity index (χ1) is 21.3. The molecule has 3 heterocycles. The van der Waals surface area contributed by atoms with E-state index in [1.165, 1.54) is 0 Å². The smallest absolute Gasteiger partial charge is 0.335 e. The van der Waals surface area contributed by atoms with E-state index in [2.05, 4.69) is 21.8 Å². The SMILES string of the molecule is COc1ccc(N2C(=O)N(c3c(C)cccc3C)Cc3cnc(Cc4ccc(N5CCN(C)CC5)cc4F)nc32)c(OC)c1. The van der Waals surface area contributed by atoms with Gasteiger partial charge in [0.15, 0.2) is 0 Å². The Balaban J connectivity index is 1.38. The highest BCUT2D eigenvalue weighted by Gasteiger charge is 2.37. The van der Waals surface area contributed by atoms with Gasteiger partial charge in [-0.2, -0.15) is 0 Å². The summed E-state index contributed by atoms with van der Waals surface area (Å²) in [5.74, 6) is 1.62. The number of nitrogens with zero attached hydrogens (tertiary/aromatic N) is 6. The molecule has 1 saturated heterocycles. The predicted molar refractivity (Wildman–Crippen MR) is 170 cm³/mol. The minimum absolute atomic E-state index is 0.185. The number of aryl methyl sites for hydroxylation is 2. The number of urea groups is 1. The van der Waals surface area contributed by atoms with Gasteiger partial charge >= 0.3 is 6.03 Å². The molecule has 0 radical (unpaired) electrons. The lowest BCUT2D eigenvalue weighted by Crippen LogP contribution is -2.46. The van der Waals surface area contributed by atoms with Crippen LogP contribution in [-0.4, -0.2) is 68.3 Å². The number of carbonyl (C=O) groups is 1. The number of likely N-dealkylation sites (N-methyl/N-ethyl adjacent to an activating group) is 1. The van der Waals surface area contributed by atoms with Crippen LogP contribution in [0.2, 0.25) is 0 Å². The average Bonchev–Trinajstić information content (AvgIpc) is 3.02. The summed E-state index contributed by atoms with van der Waals surface area (Å²) in [6, 6.07) is 16.4. The van der Waals surface area contributed by atoms with Crippen LogP contribution in [0, 0.1) is 19.7 Å². The Morgan fingerprint density at radius 2 is 1.68 bits per heavy atom. The Morgan fingerprint density at radius 1 is 0.932 bits per heavy atom. The maximum absolute atomic E-state index is 15.4. The van der Waals surface area contributed by atoms with Crippen molar-refractivity contribution in [2.24, 2.45) is 0 Å². The third-order valence-electron chi connectivity index (χ3n) is 8.44. The number of amides is 2. The first-order valence-electron chi connectivity index (χ1n) is 14.7. The molecule has 0 unspecified atom stereocenters. The number of methoxy groups -OCH3 is 2. The molecule has 9 nitrogen and oxygen atoms in total. The standard InChI is InChI=1S/C34H37FN6O3/c1-22-7-6-8-23(2)32(22)40-21-25-20-36-31(17-24-9-10-26(18-28(24)35)39-15-13-38(3)14-16-39)37-33(25)41(34(40)42)29-12-11-27(43-4)19-30(29)44-5/h6-12,18-20H,13-17,21H2,1-5H3. The van der Waals surface area contributed by atoms with Gasteiger partial charge in [-0.25, -0.2) is 24.1 Å². The van der Waals surface area contributed by atoms with Crippen LogP contribution >= 0.6 is 0 Å². The van der Waals surface area contributed by atoms with Gasteiger partial charge in [0.2, 0.25) is 0 Å². The average molecular weight is 597 g/mol. The van der Waals surface area contributed by atoms with E-state index in [0.29, 0.717) is 40.9 Å². The molecule has 2 aliphatic rings. The molecular weight excluding hydrogens is 559 g/mol. The Kier molecular flexibility index (Phi) is 8.09. The van der Waals surface area contributed by atoms with Gasteiger partial charge in [-0.05, 0) is 61.9 Å². The van der Waals surface area contributed by atoms with E-state index in [9.17, 15) is 4.79 Å². The van der Waals surface area contributed by atoms with Crippen molar-refractivity contribution in [1.82, 2.24) is 14.9 Å². The fraction of sp³-hybridized carbons (Fsp3) is 0.324. The summed E-state index contributed by atoms with van der Waals surface area (Å²) in [6.07, 6.45) is 1.93. The van der Waals surface area contributed by atoms with E-state index < -0.39 is 0 Å². The van der Waals surface area contributed by atoms with Crippen molar-refractivity contribution in [2.45, 2.75) is 26.8 Å². The number of carbonyl (C=O) groups excluding carboxylic acids is 1. The number of ether oxygens (including phenoxy) is 2. The normalized spacial score (nSPS) is 15.4. The fourth-order valence-electron chi connectivity index (χ4n) is 5.98. The highest BCUT2D eigenvalue weighted by atomic mass is 19.1. The second-order valence-corrected chi connectivity index (χ2v) is 11.4. The number of para-hydroxylation sites is 1. The number of halogens is 1. The van der Waals surface area contributed by atoms with Gasteiger partial charge in [-0.15, -0.1) is 0 Å². The first-order valence-corrected chi connectivity index (χ1v) is 14.7. The number of benzene rings is 3. The first kappa shape index (κ1) is 29.4. The number of fused-ring (bicyclic) bond motifs is 1. The van der Waals surface area contributed by atoms with Gasteiger partial charge in [-0.3, -0.25) is 4.90 Å². The molecule has 2 aliphatic heterocycles. The Bertz CT molecular complexity index is 1680. The van der Waals surface area contributed by atoms with Crippen molar-refractivity contribution in [3.63, 3.8) is 0 Å². The summed E-state index contributed by atoms with van der Waals surface area (Å²) in [7, 11) is 5.23.